The average molecular weight is 144 g/mol. The van der Waals surface area contributed by atoms with E-state index in [-0.39, 0.29) is 0 Å². The van der Waals surface area contributed by atoms with Crippen molar-refractivity contribution in [2.45, 2.75) is 18.9 Å². The summed E-state index contributed by atoms with van der Waals surface area (Å²) in [6.07, 6.45) is 3.26. The third-order valence-corrected chi connectivity index (χ3v) is 3.41. The highest BCUT2D eigenvalue weighted by atomic mass is 32.2. The van der Waals surface area contributed by atoms with E-state index >= 15 is 0 Å². The molecule has 2 saturated heterocycles. The SMILES string of the molecule is C1CC2CSCC[C@@H]2O1. The molecule has 52 valence electrons. The van der Waals surface area contributed by atoms with E-state index in [4.69, 9.17) is 4.74 Å². The average Bonchev–Trinajstić information content (AvgIpc) is 2.33. The first-order valence-corrected chi connectivity index (χ1v) is 4.81. The molecule has 2 atom stereocenters. The minimum Gasteiger partial charge on any atom is -0.378 e. The molecule has 0 spiro atoms. The summed E-state index contributed by atoms with van der Waals surface area (Å²) >= 11 is 2.09. The Labute approximate surface area is 60.2 Å². The van der Waals surface area contributed by atoms with Crippen LogP contribution in [-0.4, -0.2) is 24.2 Å². The van der Waals surface area contributed by atoms with Gasteiger partial charge in [0.15, 0.2) is 0 Å². The van der Waals surface area contributed by atoms with Crippen LogP contribution in [0.1, 0.15) is 12.8 Å². The number of fused-ring (bicyclic) bond motifs is 1. The van der Waals surface area contributed by atoms with E-state index in [2.05, 4.69) is 11.8 Å². The quantitative estimate of drug-likeness (QED) is 0.510. The Balaban J connectivity index is 1.97. The first-order chi connectivity index (χ1) is 4.47. The van der Waals surface area contributed by atoms with Gasteiger partial charge in [0.2, 0.25) is 0 Å². The van der Waals surface area contributed by atoms with Gasteiger partial charge in [-0.05, 0) is 30.3 Å². The predicted molar refractivity (Wildman–Crippen MR) is 39.8 cm³/mol. The maximum atomic E-state index is 5.54. The molecule has 0 amide bonds. The fourth-order valence-corrected chi connectivity index (χ4v) is 2.89. The van der Waals surface area contributed by atoms with Gasteiger partial charge in [-0.2, -0.15) is 11.8 Å². The number of thioether (sulfide) groups is 1. The minimum absolute atomic E-state index is 0.645. The maximum Gasteiger partial charge on any atom is 0.0619 e. The van der Waals surface area contributed by atoms with E-state index in [9.17, 15) is 0 Å². The van der Waals surface area contributed by atoms with E-state index in [0.29, 0.717) is 6.10 Å². The summed E-state index contributed by atoms with van der Waals surface area (Å²) in [5.41, 5.74) is 0. The van der Waals surface area contributed by atoms with Crippen LogP contribution in [0.25, 0.3) is 0 Å². The van der Waals surface area contributed by atoms with Crippen molar-refractivity contribution >= 4 is 11.8 Å². The lowest BCUT2D eigenvalue weighted by atomic mass is 10.0. The Bertz CT molecular complexity index is 93.1. The highest BCUT2D eigenvalue weighted by Crippen LogP contribution is 2.32. The zero-order valence-corrected chi connectivity index (χ0v) is 6.32. The molecule has 2 heteroatoms. The molecule has 0 aromatic rings. The van der Waals surface area contributed by atoms with Crippen molar-refractivity contribution < 1.29 is 4.74 Å². The second-order valence-electron chi connectivity index (χ2n) is 2.82. The lowest BCUT2D eigenvalue weighted by molar-refractivity contribution is 0.0909. The lowest BCUT2D eigenvalue weighted by Gasteiger charge is -2.22. The highest BCUT2D eigenvalue weighted by molar-refractivity contribution is 7.99. The van der Waals surface area contributed by atoms with Crippen molar-refractivity contribution in [1.29, 1.82) is 0 Å². The van der Waals surface area contributed by atoms with Crippen molar-refractivity contribution in [3.8, 4) is 0 Å². The van der Waals surface area contributed by atoms with Crippen LogP contribution < -0.4 is 0 Å². The molecule has 0 aromatic heterocycles. The Morgan fingerprint density at radius 2 is 2.33 bits per heavy atom. The summed E-state index contributed by atoms with van der Waals surface area (Å²) in [5.74, 6) is 3.58. The lowest BCUT2D eigenvalue weighted by Crippen LogP contribution is -2.23. The van der Waals surface area contributed by atoms with E-state index in [1.54, 1.807) is 0 Å². The van der Waals surface area contributed by atoms with E-state index in [1.165, 1.54) is 24.3 Å². The van der Waals surface area contributed by atoms with Gasteiger partial charge in [0.05, 0.1) is 6.10 Å². The summed E-state index contributed by atoms with van der Waals surface area (Å²) in [6, 6.07) is 0. The molecule has 2 aliphatic heterocycles. The highest BCUT2D eigenvalue weighted by Gasteiger charge is 2.30. The second-order valence-corrected chi connectivity index (χ2v) is 3.97. The van der Waals surface area contributed by atoms with Crippen molar-refractivity contribution in [2.75, 3.05) is 18.1 Å². The van der Waals surface area contributed by atoms with Crippen molar-refractivity contribution in [1.82, 2.24) is 0 Å². The van der Waals surface area contributed by atoms with Gasteiger partial charge in [0.1, 0.15) is 0 Å². The molecule has 0 aromatic carbocycles. The molecule has 1 unspecified atom stereocenters. The van der Waals surface area contributed by atoms with Crippen molar-refractivity contribution in [3.05, 3.63) is 0 Å². The first kappa shape index (κ1) is 6.05. The van der Waals surface area contributed by atoms with Gasteiger partial charge in [0.25, 0.3) is 0 Å². The predicted octanol–water partition coefficient (Wildman–Crippen LogP) is 1.53. The molecule has 0 aliphatic carbocycles. The standard InChI is InChI=1S/C7H12OS/c1-3-8-7-2-4-9-5-6(1)7/h6-7H,1-5H2/t6?,7-/m0/s1. The molecule has 1 nitrogen and oxygen atoms in total. The van der Waals surface area contributed by atoms with Gasteiger partial charge in [-0.15, -0.1) is 0 Å². The Kier molecular flexibility index (Phi) is 1.68. The fraction of sp³-hybridized carbons (Fsp3) is 1.00. The molecule has 0 saturated carbocycles. The van der Waals surface area contributed by atoms with Gasteiger partial charge in [-0.3, -0.25) is 0 Å². The summed E-state index contributed by atoms with van der Waals surface area (Å²) in [4.78, 5) is 0. The van der Waals surface area contributed by atoms with Crippen molar-refractivity contribution in [2.24, 2.45) is 5.92 Å². The molecule has 2 rings (SSSR count). The van der Waals surface area contributed by atoms with E-state index in [0.717, 1.165) is 12.5 Å². The molecule has 2 aliphatic rings. The van der Waals surface area contributed by atoms with Gasteiger partial charge < -0.3 is 4.74 Å². The van der Waals surface area contributed by atoms with Gasteiger partial charge in [-0.25, -0.2) is 0 Å². The van der Waals surface area contributed by atoms with Crippen LogP contribution >= 0.6 is 11.8 Å². The van der Waals surface area contributed by atoms with Crippen LogP contribution in [0.3, 0.4) is 0 Å². The Hall–Kier alpha value is 0.310. The first-order valence-electron chi connectivity index (χ1n) is 3.66. The third-order valence-electron chi connectivity index (χ3n) is 2.22. The van der Waals surface area contributed by atoms with E-state index in [1.807, 2.05) is 0 Å². The number of hydrogen-bond donors (Lipinski definition) is 0. The normalized spacial score (nSPS) is 42.7. The molecule has 2 heterocycles. The summed E-state index contributed by atoms with van der Waals surface area (Å²) < 4.78 is 5.54. The van der Waals surface area contributed by atoms with Gasteiger partial charge in [0, 0.05) is 6.61 Å². The Morgan fingerprint density at radius 3 is 3.22 bits per heavy atom. The largest absolute Gasteiger partial charge is 0.378 e. The maximum absolute atomic E-state index is 5.54. The summed E-state index contributed by atoms with van der Waals surface area (Å²) in [6.45, 7) is 1.02. The minimum atomic E-state index is 0.645. The third kappa shape index (κ3) is 1.10. The molecular weight excluding hydrogens is 132 g/mol. The van der Waals surface area contributed by atoms with Crippen LogP contribution in [0.2, 0.25) is 0 Å². The monoisotopic (exact) mass is 144 g/mol. The van der Waals surface area contributed by atoms with Crippen LogP contribution in [-0.2, 0) is 4.74 Å². The molecule has 0 N–H and O–H groups in total. The van der Waals surface area contributed by atoms with Crippen LogP contribution in [0, 0.1) is 5.92 Å². The zero-order valence-electron chi connectivity index (χ0n) is 5.51. The smallest absolute Gasteiger partial charge is 0.0619 e. The fourth-order valence-electron chi connectivity index (χ4n) is 1.64. The van der Waals surface area contributed by atoms with Crippen LogP contribution in [0.15, 0.2) is 0 Å². The number of rotatable bonds is 0. The molecular formula is C7H12OS. The van der Waals surface area contributed by atoms with Crippen LogP contribution in [0.4, 0.5) is 0 Å². The van der Waals surface area contributed by atoms with Crippen molar-refractivity contribution in [3.63, 3.8) is 0 Å². The topological polar surface area (TPSA) is 9.23 Å². The van der Waals surface area contributed by atoms with Gasteiger partial charge in [-0.1, -0.05) is 0 Å². The summed E-state index contributed by atoms with van der Waals surface area (Å²) in [5, 5.41) is 0. The number of hydrogen-bond acceptors (Lipinski definition) is 2. The summed E-state index contributed by atoms with van der Waals surface area (Å²) in [7, 11) is 0. The van der Waals surface area contributed by atoms with Gasteiger partial charge >= 0.3 is 0 Å². The second kappa shape index (κ2) is 2.51. The van der Waals surface area contributed by atoms with Crippen LogP contribution in [0.5, 0.6) is 0 Å². The molecule has 2 fully saturated rings. The number of ether oxygens (including phenoxy) is 1. The Morgan fingerprint density at radius 1 is 1.33 bits per heavy atom. The molecule has 0 radical (unpaired) electrons. The molecule has 9 heavy (non-hydrogen) atoms. The van der Waals surface area contributed by atoms with E-state index < -0.39 is 0 Å². The zero-order chi connectivity index (χ0) is 6.10. The molecule has 0 bridgehead atoms.